The Balaban J connectivity index is 1.99. The molecule has 0 heterocycles. The van der Waals surface area contributed by atoms with Crippen LogP contribution in [0.1, 0.15) is 12.0 Å². The number of benzene rings is 1. The monoisotopic (exact) mass is 280 g/mol. The van der Waals surface area contributed by atoms with Crippen molar-refractivity contribution < 1.29 is 22.6 Å². The van der Waals surface area contributed by atoms with Crippen LogP contribution in [0, 0.1) is 0 Å². The summed E-state index contributed by atoms with van der Waals surface area (Å²) in [4.78, 5) is 0. The Hall–Kier alpha value is -0.940. The molecule has 100 valence electrons. The highest BCUT2D eigenvalue weighted by atomic mass is 35.5. The van der Waals surface area contributed by atoms with Crippen LogP contribution >= 0.6 is 11.6 Å². The predicted octanol–water partition coefficient (Wildman–Crippen LogP) is 3.48. The highest BCUT2D eigenvalue weighted by Gasteiger charge is 2.42. The van der Waals surface area contributed by atoms with Crippen molar-refractivity contribution in [1.29, 1.82) is 0 Å². The third-order valence-corrected chi connectivity index (χ3v) is 3.35. The van der Waals surface area contributed by atoms with Crippen molar-refractivity contribution in [3.63, 3.8) is 0 Å². The van der Waals surface area contributed by atoms with Crippen LogP contribution in [0.25, 0.3) is 0 Å². The minimum absolute atomic E-state index is 0.102. The molecular formula is C12H12ClF3O2. The summed E-state index contributed by atoms with van der Waals surface area (Å²) in [5.74, 6) is 0.388. The van der Waals surface area contributed by atoms with E-state index in [1.807, 2.05) is 0 Å². The van der Waals surface area contributed by atoms with Crippen molar-refractivity contribution in [3.8, 4) is 5.75 Å². The van der Waals surface area contributed by atoms with Gasteiger partial charge >= 0.3 is 6.18 Å². The van der Waals surface area contributed by atoms with Gasteiger partial charge in [-0.1, -0.05) is 0 Å². The highest BCUT2D eigenvalue weighted by molar-refractivity contribution is 6.21. The summed E-state index contributed by atoms with van der Waals surface area (Å²) in [5, 5.41) is -0.102. The van der Waals surface area contributed by atoms with E-state index in [-0.39, 0.29) is 17.6 Å². The maximum absolute atomic E-state index is 12.3. The molecule has 0 aliphatic heterocycles. The van der Waals surface area contributed by atoms with E-state index in [0.29, 0.717) is 12.2 Å². The Morgan fingerprint density at radius 3 is 2.28 bits per heavy atom. The topological polar surface area (TPSA) is 18.5 Å². The van der Waals surface area contributed by atoms with Crippen LogP contribution < -0.4 is 4.74 Å². The van der Waals surface area contributed by atoms with Gasteiger partial charge in [0.25, 0.3) is 0 Å². The second-order valence-corrected chi connectivity index (χ2v) is 4.69. The van der Waals surface area contributed by atoms with E-state index in [2.05, 4.69) is 0 Å². The van der Waals surface area contributed by atoms with E-state index < -0.39 is 11.7 Å². The summed E-state index contributed by atoms with van der Waals surface area (Å²) in [7, 11) is 1.53. The SMILES string of the molecule is COC1C(Cl)CC1Oc1ccc(C(F)(F)F)cc1. The van der Waals surface area contributed by atoms with Gasteiger partial charge < -0.3 is 9.47 Å². The van der Waals surface area contributed by atoms with Crippen LogP contribution in [0.3, 0.4) is 0 Å². The first-order valence-corrected chi connectivity index (χ1v) is 5.86. The molecule has 0 bridgehead atoms. The second-order valence-electron chi connectivity index (χ2n) is 4.13. The summed E-state index contributed by atoms with van der Waals surface area (Å²) >= 11 is 5.91. The average Bonchev–Trinajstić information content (AvgIpc) is 2.28. The van der Waals surface area contributed by atoms with Crippen LogP contribution in [0.2, 0.25) is 0 Å². The van der Waals surface area contributed by atoms with Gasteiger partial charge in [-0.15, -0.1) is 11.6 Å². The molecule has 1 aliphatic rings. The van der Waals surface area contributed by atoms with Crippen molar-refractivity contribution in [1.82, 2.24) is 0 Å². The molecule has 0 amide bonds. The zero-order valence-corrected chi connectivity index (χ0v) is 10.3. The molecule has 3 unspecified atom stereocenters. The number of rotatable bonds is 3. The van der Waals surface area contributed by atoms with E-state index in [0.717, 1.165) is 12.1 Å². The molecular weight excluding hydrogens is 269 g/mol. The second kappa shape index (κ2) is 4.97. The Morgan fingerprint density at radius 2 is 1.83 bits per heavy atom. The minimum Gasteiger partial charge on any atom is -0.488 e. The summed E-state index contributed by atoms with van der Waals surface area (Å²) < 4.78 is 47.7. The Kier molecular flexibility index (Phi) is 3.73. The number of alkyl halides is 4. The van der Waals surface area contributed by atoms with Gasteiger partial charge in [0, 0.05) is 13.5 Å². The number of ether oxygens (including phenoxy) is 2. The van der Waals surface area contributed by atoms with E-state index in [1.54, 1.807) is 0 Å². The maximum Gasteiger partial charge on any atom is 0.416 e. The molecule has 1 saturated carbocycles. The van der Waals surface area contributed by atoms with Crippen molar-refractivity contribution >= 4 is 11.6 Å². The first-order valence-electron chi connectivity index (χ1n) is 5.42. The largest absolute Gasteiger partial charge is 0.488 e. The van der Waals surface area contributed by atoms with E-state index in [4.69, 9.17) is 21.1 Å². The molecule has 0 aromatic heterocycles. The molecule has 1 aromatic carbocycles. The molecule has 0 N–H and O–H groups in total. The normalized spacial score (nSPS) is 27.7. The van der Waals surface area contributed by atoms with Crippen molar-refractivity contribution in [3.05, 3.63) is 29.8 Å². The molecule has 6 heteroatoms. The lowest BCUT2D eigenvalue weighted by Gasteiger charge is -2.39. The molecule has 0 spiro atoms. The molecule has 2 nitrogen and oxygen atoms in total. The van der Waals surface area contributed by atoms with Gasteiger partial charge in [-0.2, -0.15) is 13.2 Å². The van der Waals surface area contributed by atoms with Gasteiger partial charge in [-0.25, -0.2) is 0 Å². The molecule has 1 aliphatic carbocycles. The fraction of sp³-hybridized carbons (Fsp3) is 0.500. The molecule has 1 fully saturated rings. The Morgan fingerprint density at radius 1 is 1.22 bits per heavy atom. The maximum atomic E-state index is 12.3. The van der Waals surface area contributed by atoms with Crippen LogP contribution in [0.5, 0.6) is 5.75 Å². The van der Waals surface area contributed by atoms with Crippen LogP contribution in [0.15, 0.2) is 24.3 Å². The van der Waals surface area contributed by atoms with Gasteiger partial charge in [0.15, 0.2) is 0 Å². The Labute approximate surface area is 108 Å². The lowest BCUT2D eigenvalue weighted by atomic mass is 9.91. The van der Waals surface area contributed by atoms with Crippen LogP contribution in [-0.4, -0.2) is 24.7 Å². The summed E-state index contributed by atoms with van der Waals surface area (Å²) in [6.07, 6.45) is -4.12. The fourth-order valence-electron chi connectivity index (χ4n) is 1.84. The first kappa shape index (κ1) is 13.5. The van der Waals surface area contributed by atoms with Gasteiger partial charge in [0.1, 0.15) is 18.0 Å². The van der Waals surface area contributed by atoms with Crippen molar-refractivity contribution in [2.24, 2.45) is 0 Å². The summed E-state index contributed by atoms with van der Waals surface area (Å²) in [5.41, 5.74) is -0.693. The van der Waals surface area contributed by atoms with Crippen molar-refractivity contribution in [2.45, 2.75) is 30.2 Å². The molecule has 0 saturated heterocycles. The van der Waals surface area contributed by atoms with E-state index in [1.165, 1.54) is 19.2 Å². The summed E-state index contributed by atoms with van der Waals surface area (Å²) in [6, 6.07) is 4.59. The van der Waals surface area contributed by atoms with E-state index >= 15 is 0 Å². The highest BCUT2D eigenvalue weighted by Crippen LogP contribution is 2.34. The minimum atomic E-state index is -4.33. The lowest BCUT2D eigenvalue weighted by Crippen LogP contribution is -2.52. The van der Waals surface area contributed by atoms with Gasteiger partial charge in [-0.3, -0.25) is 0 Å². The quantitative estimate of drug-likeness (QED) is 0.789. The lowest BCUT2D eigenvalue weighted by molar-refractivity contribution is -0.137. The number of hydrogen-bond donors (Lipinski definition) is 0. The molecule has 0 radical (unpaired) electrons. The smallest absolute Gasteiger partial charge is 0.416 e. The molecule has 1 aromatic rings. The van der Waals surface area contributed by atoms with E-state index in [9.17, 15) is 13.2 Å². The van der Waals surface area contributed by atoms with Crippen molar-refractivity contribution in [2.75, 3.05) is 7.11 Å². The third kappa shape index (κ3) is 2.72. The van der Waals surface area contributed by atoms with Crippen LogP contribution in [-0.2, 0) is 10.9 Å². The third-order valence-electron chi connectivity index (χ3n) is 2.92. The predicted molar refractivity (Wildman–Crippen MR) is 60.9 cm³/mol. The zero-order valence-electron chi connectivity index (χ0n) is 9.58. The van der Waals surface area contributed by atoms with Gasteiger partial charge in [0.05, 0.1) is 10.9 Å². The molecule has 2 rings (SSSR count). The number of hydrogen-bond acceptors (Lipinski definition) is 2. The van der Waals surface area contributed by atoms with Crippen LogP contribution in [0.4, 0.5) is 13.2 Å². The number of halogens is 4. The Bertz CT molecular complexity index is 405. The fourth-order valence-corrected chi connectivity index (χ4v) is 2.28. The van der Waals surface area contributed by atoms with Gasteiger partial charge in [-0.05, 0) is 24.3 Å². The average molecular weight is 281 g/mol. The molecule has 3 atom stereocenters. The standard InChI is InChI=1S/C12H12ClF3O2/c1-17-11-9(13)6-10(11)18-8-4-2-7(3-5-8)12(14,15)16/h2-5,9-11H,6H2,1H3. The van der Waals surface area contributed by atoms with Gasteiger partial charge in [0.2, 0.25) is 0 Å². The molecule has 18 heavy (non-hydrogen) atoms. The first-order chi connectivity index (χ1) is 8.41. The number of methoxy groups -OCH3 is 1. The zero-order chi connectivity index (χ0) is 13.3. The summed E-state index contributed by atoms with van der Waals surface area (Å²) in [6.45, 7) is 0.